The summed E-state index contributed by atoms with van der Waals surface area (Å²) in [5, 5.41) is 12.2. The Bertz CT molecular complexity index is 1070. The topological polar surface area (TPSA) is 63.1 Å². The molecule has 0 saturated carbocycles. The van der Waals surface area contributed by atoms with Gasteiger partial charge in [-0.3, -0.25) is 14.3 Å². The van der Waals surface area contributed by atoms with Crippen molar-refractivity contribution in [3.63, 3.8) is 0 Å². The zero-order chi connectivity index (χ0) is 22.7. The van der Waals surface area contributed by atoms with E-state index in [9.17, 15) is 9.18 Å². The second-order valence-electron chi connectivity index (χ2n) is 7.51. The van der Waals surface area contributed by atoms with E-state index in [0.717, 1.165) is 11.5 Å². The van der Waals surface area contributed by atoms with E-state index in [4.69, 9.17) is 11.6 Å². The molecule has 3 rings (SSSR count). The number of halogens is 2. The largest absolute Gasteiger partial charge is 0.325 e. The molecule has 164 valence electrons. The van der Waals surface area contributed by atoms with Gasteiger partial charge in [0.1, 0.15) is 5.82 Å². The first kappa shape index (κ1) is 23.2. The second-order valence-corrected chi connectivity index (χ2v) is 9.25. The highest BCUT2D eigenvalue weighted by molar-refractivity contribution is 8.00. The summed E-state index contributed by atoms with van der Waals surface area (Å²) in [7, 11) is 3.93. The Labute approximate surface area is 190 Å². The summed E-state index contributed by atoms with van der Waals surface area (Å²) in [5.74, 6) is 0.145. The van der Waals surface area contributed by atoms with E-state index < -0.39 is 5.25 Å². The van der Waals surface area contributed by atoms with Gasteiger partial charge in [-0.1, -0.05) is 29.4 Å². The van der Waals surface area contributed by atoms with E-state index in [-0.39, 0.29) is 17.8 Å². The Hall–Kier alpha value is -2.42. The number of nitrogens with one attached hydrogen (secondary N) is 1. The van der Waals surface area contributed by atoms with E-state index >= 15 is 0 Å². The van der Waals surface area contributed by atoms with Crippen LogP contribution in [0.4, 0.5) is 10.1 Å². The lowest BCUT2D eigenvalue weighted by atomic mass is 10.2. The molecule has 2 unspecified atom stereocenters. The maximum atomic E-state index is 13.8. The van der Waals surface area contributed by atoms with Crippen LogP contribution in [-0.2, 0) is 4.79 Å². The molecular formula is C22H25ClFN5OS. The maximum Gasteiger partial charge on any atom is 0.237 e. The van der Waals surface area contributed by atoms with Gasteiger partial charge in [0.15, 0.2) is 11.0 Å². The fraction of sp³-hybridized carbons (Fsp3) is 0.318. The molecule has 1 amide bonds. The van der Waals surface area contributed by atoms with Crippen molar-refractivity contribution in [3.8, 4) is 5.69 Å². The van der Waals surface area contributed by atoms with Crippen molar-refractivity contribution in [1.82, 2.24) is 19.7 Å². The Morgan fingerprint density at radius 3 is 2.45 bits per heavy atom. The molecule has 0 aliphatic heterocycles. The Morgan fingerprint density at radius 2 is 1.84 bits per heavy atom. The summed E-state index contributed by atoms with van der Waals surface area (Å²) < 4.78 is 15.7. The first-order valence-corrected chi connectivity index (χ1v) is 11.0. The number of aromatic nitrogens is 3. The number of thioether (sulfide) groups is 1. The Kier molecular flexibility index (Phi) is 7.35. The number of hydrogen-bond donors (Lipinski definition) is 1. The summed E-state index contributed by atoms with van der Waals surface area (Å²) in [4.78, 5) is 14.8. The molecule has 0 aliphatic carbocycles. The minimum atomic E-state index is -0.484. The van der Waals surface area contributed by atoms with Crippen molar-refractivity contribution in [3.05, 3.63) is 64.7 Å². The number of anilines is 1. The fourth-order valence-corrected chi connectivity index (χ4v) is 3.82. The monoisotopic (exact) mass is 461 g/mol. The molecule has 1 heterocycles. The van der Waals surface area contributed by atoms with Crippen LogP contribution in [0.15, 0.2) is 47.6 Å². The molecular weight excluding hydrogens is 437 g/mol. The summed E-state index contributed by atoms with van der Waals surface area (Å²) in [5.41, 5.74) is 1.80. The van der Waals surface area contributed by atoms with Gasteiger partial charge >= 0.3 is 0 Å². The van der Waals surface area contributed by atoms with Crippen molar-refractivity contribution >= 4 is 35.0 Å². The summed E-state index contributed by atoms with van der Waals surface area (Å²) in [6, 6.07) is 12.0. The predicted molar refractivity (Wildman–Crippen MR) is 124 cm³/mol. The van der Waals surface area contributed by atoms with Gasteiger partial charge in [0.2, 0.25) is 5.91 Å². The van der Waals surface area contributed by atoms with Crippen LogP contribution in [0.3, 0.4) is 0 Å². The van der Waals surface area contributed by atoms with Crippen LogP contribution in [0.5, 0.6) is 0 Å². The van der Waals surface area contributed by atoms with Gasteiger partial charge < -0.3 is 5.32 Å². The molecule has 1 aromatic heterocycles. The van der Waals surface area contributed by atoms with E-state index in [0.29, 0.717) is 21.4 Å². The van der Waals surface area contributed by atoms with Crippen LogP contribution in [0.25, 0.3) is 5.69 Å². The number of carbonyl (C=O) groups excluding carboxylic acids is 1. The molecule has 6 nitrogen and oxygen atoms in total. The van der Waals surface area contributed by atoms with E-state index in [1.807, 2.05) is 42.6 Å². The standard InChI is InChI=1S/C22H25ClFN5OS/c1-13-6-9-17(12-19(13)24)25-21(30)15(3)31-22-27-26-20(14(2)28(4)5)29(22)18-10-7-16(23)8-11-18/h6-12,14-15H,1-5H3,(H,25,30). The molecule has 0 aliphatic rings. The predicted octanol–water partition coefficient (Wildman–Crippen LogP) is 5.11. The number of rotatable bonds is 7. The lowest BCUT2D eigenvalue weighted by Gasteiger charge is -2.21. The lowest BCUT2D eigenvalue weighted by Crippen LogP contribution is -2.23. The number of hydrogen-bond acceptors (Lipinski definition) is 5. The quantitative estimate of drug-likeness (QED) is 0.495. The van der Waals surface area contributed by atoms with E-state index in [1.54, 1.807) is 38.1 Å². The third-order valence-corrected chi connectivity index (χ3v) is 6.28. The van der Waals surface area contributed by atoms with Crippen LogP contribution in [0, 0.1) is 12.7 Å². The van der Waals surface area contributed by atoms with Crippen LogP contribution in [0.1, 0.15) is 31.3 Å². The van der Waals surface area contributed by atoms with Crippen LogP contribution in [0.2, 0.25) is 5.02 Å². The smallest absolute Gasteiger partial charge is 0.237 e. The highest BCUT2D eigenvalue weighted by Crippen LogP contribution is 2.30. The van der Waals surface area contributed by atoms with Gasteiger partial charge in [-0.2, -0.15) is 0 Å². The third kappa shape index (κ3) is 5.44. The molecule has 9 heteroatoms. The minimum Gasteiger partial charge on any atom is -0.325 e. The highest BCUT2D eigenvalue weighted by Gasteiger charge is 2.24. The molecule has 1 N–H and O–H groups in total. The Balaban J connectivity index is 1.86. The van der Waals surface area contributed by atoms with Gasteiger partial charge in [0, 0.05) is 16.4 Å². The highest BCUT2D eigenvalue weighted by atomic mass is 35.5. The van der Waals surface area contributed by atoms with Gasteiger partial charge in [-0.25, -0.2) is 4.39 Å². The van der Waals surface area contributed by atoms with Crippen molar-refractivity contribution in [2.24, 2.45) is 0 Å². The van der Waals surface area contributed by atoms with Gasteiger partial charge in [0.25, 0.3) is 0 Å². The van der Waals surface area contributed by atoms with Crippen LogP contribution in [-0.4, -0.2) is 44.9 Å². The minimum absolute atomic E-state index is 0.00260. The summed E-state index contributed by atoms with van der Waals surface area (Å²) in [6.07, 6.45) is 0. The molecule has 0 bridgehead atoms. The fourth-order valence-electron chi connectivity index (χ4n) is 2.82. The zero-order valence-corrected chi connectivity index (χ0v) is 19.6. The molecule has 0 fully saturated rings. The number of aryl methyl sites for hydroxylation is 1. The molecule has 2 aromatic carbocycles. The van der Waals surface area contributed by atoms with Crippen LogP contribution >= 0.6 is 23.4 Å². The number of benzene rings is 2. The normalized spacial score (nSPS) is 13.3. The average Bonchev–Trinajstić information content (AvgIpc) is 3.13. The van der Waals surface area contributed by atoms with Crippen molar-refractivity contribution < 1.29 is 9.18 Å². The molecule has 3 aromatic rings. The van der Waals surface area contributed by atoms with Crippen molar-refractivity contribution in [2.45, 2.75) is 37.2 Å². The Morgan fingerprint density at radius 1 is 1.16 bits per heavy atom. The van der Waals surface area contributed by atoms with Crippen molar-refractivity contribution in [1.29, 1.82) is 0 Å². The van der Waals surface area contributed by atoms with Gasteiger partial charge in [-0.05, 0) is 76.8 Å². The number of carbonyl (C=O) groups is 1. The summed E-state index contributed by atoms with van der Waals surface area (Å²) in [6.45, 7) is 5.49. The second kappa shape index (κ2) is 9.80. The first-order valence-electron chi connectivity index (χ1n) is 9.78. The van der Waals surface area contributed by atoms with Crippen molar-refractivity contribution in [2.75, 3.05) is 19.4 Å². The van der Waals surface area contributed by atoms with E-state index in [1.165, 1.54) is 17.8 Å². The first-order chi connectivity index (χ1) is 14.7. The lowest BCUT2D eigenvalue weighted by molar-refractivity contribution is -0.115. The molecule has 0 radical (unpaired) electrons. The third-order valence-electron chi connectivity index (χ3n) is 4.98. The summed E-state index contributed by atoms with van der Waals surface area (Å²) >= 11 is 7.34. The molecule has 0 saturated heterocycles. The number of amides is 1. The number of nitrogens with zero attached hydrogens (tertiary/aromatic N) is 4. The zero-order valence-electron chi connectivity index (χ0n) is 18.1. The molecule has 31 heavy (non-hydrogen) atoms. The SMILES string of the molecule is Cc1ccc(NC(=O)C(C)Sc2nnc(C(C)N(C)C)n2-c2ccc(Cl)cc2)cc1F. The van der Waals surface area contributed by atoms with Gasteiger partial charge in [-0.15, -0.1) is 10.2 Å². The molecule has 2 atom stereocenters. The average molecular weight is 462 g/mol. The van der Waals surface area contributed by atoms with Crippen LogP contribution < -0.4 is 5.32 Å². The maximum absolute atomic E-state index is 13.8. The van der Waals surface area contributed by atoms with Gasteiger partial charge in [0.05, 0.1) is 11.3 Å². The molecule has 0 spiro atoms. The van der Waals surface area contributed by atoms with E-state index in [2.05, 4.69) is 15.5 Å².